The standard InChI is InChI=1S/C19H19Cl2N3O2S2/c1-23-6-8-24(9-7-23)28(25,26)19-10-14(4-5-22)2-3-18(19)27-17-12-15(20)11-16(21)13-17/h2-3,10-13H,4,6-9H2,1H3. The van der Waals surface area contributed by atoms with Gasteiger partial charge in [-0.3, -0.25) is 0 Å². The molecule has 1 aliphatic rings. The summed E-state index contributed by atoms with van der Waals surface area (Å²) in [5.41, 5.74) is 0.670. The molecule has 5 nitrogen and oxygen atoms in total. The Morgan fingerprint density at radius 3 is 2.32 bits per heavy atom. The first kappa shape index (κ1) is 21.4. The monoisotopic (exact) mass is 455 g/mol. The van der Waals surface area contributed by atoms with Crippen LogP contribution in [0.4, 0.5) is 0 Å². The van der Waals surface area contributed by atoms with Crippen LogP contribution in [0.15, 0.2) is 51.1 Å². The first-order valence-electron chi connectivity index (χ1n) is 8.62. The maximum Gasteiger partial charge on any atom is 0.244 e. The topological polar surface area (TPSA) is 64.4 Å². The van der Waals surface area contributed by atoms with Gasteiger partial charge in [0.2, 0.25) is 10.0 Å². The fourth-order valence-corrected chi connectivity index (χ4v) is 6.48. The van der Waals surface area contributed by atoms with E-state index in [0.717, 1.165) is 4.90 Å². The average Bonchev–Trinajstić information content (AvgIpc) is 2.62. The zero-order valence-electron chi connectivity index (χ0n) is 15.2. The lowest BCUT2D eigenvalue weighted by Gasteiger charge is -2.32. The van der Waals surface area contributed by atoms with E-state index in [0.29, 0.717) is 46.7 Å². The molecule has 0 bridgehead atoms. The molecule has 1 aliphatic heterocycles. The summed E-state index contributed by atoms with van der Waals surface area (Å²) in [6.45, 7) is 2.25. The summed E-state index contributed by atoms with van der Waals surface area (Å²) in [6.07, 6.45) is 0.152. The number of sulfonamides is 1. The van der Waals surface area contributed by atoms with Gasteiger partial charge in [-0.2, -0.15) is 9.57 Å². The van der Waals surface area contributed by atoms with Crippen LogP contribution in [0.2, 0.25) is 10.0 Å². The quantitative estimate of drug-likeness (QED) is 0.677. The number of benzene rings is 2. The largest absolute Gasteiger partial charge is 0.304 e. The van der Waals surface area contributed by atoms with Gasteiger partial charge in [0.25, 0.3) is 0 Å². The lowest BCUT2D eigenvalue weighted by molar-refractivity contribution is 0.222. The van der Waals surface area contributed by atoms with E-state index in [-0.39, 0.29) is 11.3 Å². The van der Waals surface area contributed by atoms with Crippen LogP contribution in [0.3, 0.4) is 0 Å². The first-order chi connectivity index (χ1) is 13.3. The van der Waals surface area contributed by atoms with Crippen molar-refractivity contribution in [2.45, 2.75) is 21.1 Å². The molecule has 1 saturated heterocycles. The molecule has 0 spiro atoms. The number of piperazine rings is 1. The fourth-order valence-electron chi connectivity index (χ4n) is 2.92. The number of likely N-dealkylation sites (N-methyl/N-ethyl adjacent to an activating group) is 1. The van der Waals surface area contributed by atoms with Crippen LogP contribution in [0, 0.1) is 11.3 Å². The highest BCUT2D eigenvalue weighted by atomic mass is 35.5. The number of nitriles is 1. The van der Waals surface area contributed by atoms with Crippen molar-refractivity contribution in [2.24, 2.45) is 0 Å². The van der Waals surface area contributed by atoms with Crippen molar-refractivity contribution in [3.05, 3.63) is 52.0 Å². The number of rotatable bonds is 5. The van der Waals surface area contributed by atoms with E-state index in [1.165, 1.54) is 16.1 Å². The Balaban J connectivity index is 2.02. The molecule has 2 aromatic carbocycles. The first-order valence-corrected chi connectivity index (χ1v) is 11.6. The maximum absolute atomic E-state index is 13.4. The summed E-state index contributed by atoms with van der Waals surface area (Å²) in [4.78, 5) is 3.65. The van der Waals surface area contributed by atoms with E-state index in [4.69, 9.17) is 28.5 Å². The van der Waals surface area contributed by atoms with Crippen LogP contribution in [0.5, 0.6) is 0 Å². The van der Waals surface area contributed by atoms with E-state index < -0.39 is 10.0 Å². The fraction of sp³-hybridized carbons (Fsp3) is 0.316. The molecule has 0 aliphatic carbocycles. The summed E-state index contributed by atoms with van der Waals surface area (Å²) in [7, 11) is -1.71. The summed E-state index contributed by atoms with van der Waals surface area (Å²) < 4.78 is 28.2. The normalized spacial score (nSPS) is 16.1. The number of nitrogens with zero attached hydrogens (tertiary/aromatic N) is 3. The van der Waals surface area contributed by atoms with Gasteiger partial charge < -0.3 is 4.90 Å². The third kappa shape index (κ3) is 5.01. The second-order valence-electron chi connectivity index (χ2n) is 6.53. The van der Waals surface area contributed by atoms with Crippen molar-refractivity contribution in [3.63, 3.8) is 0 Å². The lowest BCUT2D eigenvalue weighted by Crippen LogP contribution is -2.47. The van der Waals surface area contributed by atoms with Crippen molar-refractivity contribution in [1.29, 1.82) is 5.26 Å². The molecule has 0 N–H and O–H groups in total. The maximum atomic E-state index is 13.4. The Hall–Kier alpha value is -1.27. The molecule has 0 amide bonds. The lowest BCUT2D eigenvalue weighted by atomic mass is 10.2. The Morgan fingerprint density at radius 2 is 1.71 bits per heavy atom. The molecule has 1 heterocycles. The molecule has 0 radical (unpaired) electrons. The van der Waals surface area contributed by atoms with E-state index in [1.54, 1.807) is 36.4 Å². The Morgan fingerprint density at radius 1 is 1.07 bits per heavy atom. The second-order valence-corrected chi connectivity index (χ2v) is 10.4. The highest BCUT2D eigenvalue weighted by molar-refractivity contribution is 8.00. The van der Waals surface area contributed by atoms with Crippen LogP contribution in [-0.2, 0) is 16.4 Å². The molecule has 2 aromatic rings. The number of hydrogen-bond donors (Lipinski definition) is 0. The third-order valence-electron chi connectivity index (χ3n) is 4.44. The summed E-state index contributed by atoms with van der Waals surface area (Å²) in [5.74, 6) is 0. The van der Waals surface area contributed by atoms with Gasteiger partial charge in [-0.15, -0.1) is 0 Å². The Kier molecular flexibility index (Phi) is 6.92. The zero-order chi connectivity index (χ0) is 20.3. The minimum absolute atomic E-state index is 0.152. The molecule has 0 unspecified atom stereocenters. The van der Waals surface area contributed by atoms with E-state index in [2.05, 4.69) is 11.0 Å². The summed E-state index contributed by atoms with van der Waals surface area (Å²) in [5, 5.41) is 9.98. The number of hydrogen-bond acceptors (Lipinski definition) is 5. The average molecular weight is 456 g/mol. The van der Waals surface area contributed by atoms with Crippen LogP contribution in [0.25, 0.3) is 0 Å². The van der Waals surface area contributed by atoms with Gasteiger partial charge in [-0.25, -0.2) is 8.42 Å². The smallest absolute Gasteiger partial charge is 0.244 e. The highest BCUT2D eigenvalue weighted by Gasteiger charge is 2.30. The molecular formula is C19H19Cl2N3O2S2. The molecule has 3 rings (SSSR count). The van der Waals surface area contributed by atoms with Crippen molar-refractivity contribution < 1.29 is 8.42 Å². The Bertz CT molecular complexity index is 994. The van der Waals surface area contributed by atoms with Crippen LogP contribution in [-0.4, -0.2) is 50.8 Å². The van der Waals surface area contributed by atoms with Crippen molar-refractivity contribution in [3.8, 4) is 6.07 Å². The molecule has 28 heavy (non-hydrogen) atoms. The van der Waals surface area contributed by atoms with Gasteiger partial charge in [0, 0.05) is 46.0 Å². The minimum Gasteiger partial charge on any atom is -0.304 e. The van der Waals surface area contributed by atoms with Crippen LogP contribution >= 0.6 is 35.0 Å². The second kappa shape index (κ2) is 9.04. The molecule has 9 heteroatoms. The molecule has 0 atom stereocenters. The summed E-state index contributed by atoms with van der Waals surface area (Å²) in [6, 6.07) is 12.3. The highest BCUT2D eigenvalue weighted by Crippen LogP contribution is 2.37. The minimum atomic E-state index is -3.69. The SMILES string of the molecule is CN1CCN(S(=O)(=O)c2cc(CC#N)ccc2Sc2cc(Cl)cc(Cl)c2)CC1. The van der Waals surface area contributed by atoms with E-state index in [9.17, 15) is 8.42 Å². The third-order valence-corrected chi connectivity index (χ3v) is 7.99. The molecule has 1 fully saturated rings. The van der Waals surface area contributed by atoms with Gasteiger partial charge in [0.15, 0.2) is 0 Å². The molecule has 148 valence electrons. The zero-order valence-corrected chi connectivity index (χ0v) is 18.4. The molecule has 0 saturated carbocycles. The van der Waals surface area contributed by atoms with Gasteiger partial charge in [0.1, 0.15) is 0 Å². The van der Waals surface area contributed by atoms with E-state index >= 15 is 0 Å². The number of halogens is 2. The van der Waals surface area contributed by atoms with Crippen LogP contribution in [0.1, 0.15) is 5.56 Å². The molecule has 0 aromatic heterocycles. The van der Waals surface area contributed by atoms with Crippen molar-refractivity contribution in [2.75, 3.05) is 33.2 Å². The Labute approximate surface area is 179 Å². The van der Waals surface area contributed by atoms with E-state index in [1.807, 2.05) is 7.05 Å². The predicted molar refractivity (Wildman–Crippen MR) is 113 cm³/mol. The predicted octanol–water partition coefficient (Wildman–Crippen LogP) is 4.15. The van der Waals surface area contributed by atoms with Gasteiger partial charge in [-0.1, -0.05) is 41.0 Å². The van der Waals surface area contributed by atoms with Crippen molar-refractivity contribution >= 4 is 45.0 Å². The van der Waals surface area contributed by atoms with Gasteiger partial charge >= 0.3 is 0 Å². The molecular weight excluding hydrogens is 437 g/mol. The van der Waals surface area contributed by atoms with Crippen LogP contribution < -0.4 is 0 Å². The van der Waals surface area contributed by atoms with Gasteiger partial charge in [-0.05, 0) is 42.9 Å². The van der Waals surface area contributed by atoms with Crippen molar-refractivity contribution in [1.82, 2.24) is 9.21 Å². The van der Waals surface area contributed by atoms with Gasteiger partial charge in [0.05, 0.1) is 17.4 Å². The summed E-state index contributed by atoms with van der Waals surface area (Å²) >= 11 is 13.5.